The molecule has 0 N–H and O–H groups in total. The summed E-state index contributed by atoms with van der Waals surface area (Å²) in [7, 11) is 0. The van der Waals surface area contributed by atoms with Crippen LogP contribution >= 0.6 is 0 Å². The Morgan fingerprint density at radius 2 is 1.88 bits per heavy atom. The van der Waals surface area contributed by atoms with Gasteiger partial charge in [-0.05, 0) is 79.4 Å². The van der Waals surface area contributed by atoms with Crippen molar-refractivity contribution in [2.75, 3.05) is 0 Å². The Balaban J connectivity index is 1.40. The third-order valence-corrected chi connectivity index (χ3v) is 8.86. The molecule has 3 aliphatic rings. The van der Waals surface area contributed by atoms with Gasteiger partial charge >= 0.3 is 0 Å². The molecule has 0 spiro atoms. The maximum atomic E-state index is 4.07. The predicted octanol–water partition coefficient (Wildman–Crippen LogP) is 7.78. The molecule has 0 heterocycles. The van der Waals surface area contributed by atoms with Crippen molar-refractivity contribution in [2.24, 2.45) is 34.5 Å². The Kier molecular flexibility index (Phi) is 5.53. The summed E-state index contributed by atoms with van der Waals surface area (Å²) >= 11 is 0. The normalized spacial score (nSPS) is 39.6. The van der Waals surface area contributed by atoms with Crippen LogP contribution in [0.1, 0.15) is 105 Å². The van der Waals surface area contributed by atoms with Gasteiger partial charge in [0.05, 0.1) is 0 Å². The molecule has 138 valence electrons. The van der Waals surface area contributed by atoms with Crippen LogP contribution in [0, 0.1) is 34.5 Å². The van der Waals surface area contributed by atoms with Gasteiger partial charge in [0.25, 0.3) is 0 Å². The average Bonchev–Trinajstić information content (AvgIpc) is 2.84. The monoisotopic (exact) mass is 330 g/mol. The van der Waals surface area contributed by atoms with Gasteiger partial charge in [-0.1, -0.05) is 72.0 Å². The summed E-state index contributed by atoms with van der Waals surface area (Å²) in [6, 6.07) is 0. The van der Waals surface area contributed by atoms with Gasteiger partial charge in [0.1, 0.15) is 0 Å². The molecule has 3 rings (SSSR count). The van der Waals surface area contributed by atoms with Gasteiger partial charge < -0.3 is 0 Å². The summed E-state index contributed by atoms with van der Waals surface area (Å²) in [5.74, 6) is 4.03. The van der Waals surface area contributed by atoms with E-state index >= 15 is 0 Å². The summed E-state index contributed by atoms with van der Waals surface area (Å²) in [4.78, 5) is 0. The van der Waals surface area contributed by atoms with E-state index in [2.05, 4.69) is 34.3 Å². The quantitative estimate of drug-likeness (QED) is 0.283. The van der Waals surface area contributed by atoms with E-state index in [1.54, 1.807) is 0 Å². The number of fused-ring (bicyclic) bond motifs is 1. The second-order valence-electron chi connectivity index (χ2n) is 9.92. The maximum absolute atomic E-state index is 4.07. The molecule has 5 atom stereocenters. The Labute approximate surface area is 151 Å². The van der Waals surface area contributed by atoms with Crippen LogP contribution in [0.5, 0.6) is 0 Å². The molecule has 0 heteroatoms. The van der Waals surface area contributed by atoms with E-state index < -0.39 is 0 Å². The van der Waals surface area contributed by atoms with Gasteiger partial charge in [-0.25, -0.2) is 0 Å². The van der Waals surface area contributed by atoms with Crippen LogP contribution in [0.4, 0.5) is 0 Å². The molecule has 3 aliphatic carbocycles. The Hall–Kier alpha value is -0.260. The molecule has 5 unspecified atom stereocenters. The number of hydrogen-bond acceptors (Lipinski definition) is 0. The van der Waals surface area contributed by atoms with Gasteiger partial charge in [0.15, 0.2) is 0 Å². The highest BCUT2D eigenvalue weighted by atomic mass is 14.8. The molecule has 3 saturated carbocycles. The summed E-state index contributed by atoms with van der Waals surface area (Å²) in [6.45, 7) is 14.2. The van der Waals surface area contributed by atoms with Crippen molar-refractivity contribution >= 4 is 0 Å². The molecular weight excluding hydrogens is 288 g/mol. The van der Waals surface area contributed by atoms with Crippen LogP contribution in [0.15, 0.2) is 12.2 Å². The lowest BCUT2D eigenvalue weighted by atomic mass is 9.71. The van der Waals surface area contributed by atoms with Crippen LogP contribution < -0.4 is 0 Å². The maximum Gasteiger partial charge on any atom is -0.0202 e. The lowest BCUT2D eigenvalue weighted by Crippen LogP contribution is -2.25. The third-order valence-electron chi connectivity index (χ3n) is 8.86. The zero-order valence-corrected chi connectivity index (χ0v) is 17.0. The smallest absolute Gasteiger partial charge is 0.0202 e. The highest BCUT2D eigenvalue weighted by Crippen LogP contribution is 2.82. The van der Waals surface area contributed by atoms with E-state index in [4.69, 9.17) is 0 Å². The first-order valence-electron chi connectivity index (χ1n) is 11.2. The van der Waals surface area contributed by atoms with Crippen molar-refractivity contribution in [3.8, 4) is 0 Å². The van der Waals surface area contributed by atoms with Gasteiger partial charge in [-0.2, -0.15) is 0 Å². The van der Waals surface area contributed by atoms with Crippen LogP contribution in [0.25, 0.3) is 0 Å². The molecule has 0 aromatic heterocycles. The molecule has 3 fully saturated rings. The van der Waals surface area contributed by atoms with E-state index in [1.165, 1.54) is 82.6 Å². The third kappa shape index (κ3) is 2.90. The highest BCUT2D eigenvalue weighted by molar-refractivity contribution is 5.24. The van der Waals surface area contributed by atoms with Crippen molar-refractivity contribution in [1.29, 1.82) is 0 Å². The van der Waals surface area contributed by atoms with Gasteiger partial charge in [0, 0.05) is 0 Å². The highest BCUT2D eigenvalue weighted by Gasteiger charge is 2.76. The molecule has 0 aromatic carbocycles. The van der Waals surface area contributed by atoms with Crippen molar-refractivity contribution in [1.82, 2.24) is 0 Å². The zero-order chi connectivity index (χ0) is 17.4. The standard InChI is InChI=1S/C24H42/c1-6-15-24(7-2)22-14-13-21(23(22,24)5)19(4)11-9-8-10-12-20-16-18(3)17-20/h19-22H,3,6-17H2,1-2,4-5H3. The second kappa shape index (κ2) is 7.16. The minimum atomic E-state index is 0.698. The van der Waals surface area contributed by atoms with E-state index in [0.717, 1.165) is 29.1 Å². The number of unbranched alkanes of at least 4 members (excludes halogenated alkanes) is 2. The molecule has 0 aromatic rings. The summed E-state index contributed by atoms with van der Waals surface area (Å²) < 4.78 is 0. The lowest BCUT2D eigenvalue weighted by Gasteiger charge is -2.33. The van der Waals surface area contributed by atoms with Crippen LogP contribution in [-0.2, 0) is 0 Å². The molecule has 0 radical (unpaired) electrons. The molecule has 0 aliphatic heterocycles. The summed E-state index contributed by atoms with van der Waals surface area (Å²) in [6.07, 6.45) is 17.4. The van der Waals surface area contributed by atoms with E-state index in [0.29, 0.717) is 5.41 Å². The van der Waals surface area contributed by atoms with E-state index in [-0.39, 0.29) is 0 Å². The van der Waals surface area contributed by atoms with Crippen LogP contribution in [0.3, 0.4) is 0 Å². The predicted molar refractivity (Wildman–Crippen MR) is 106 cm³/mol. The number of rotatable bonds is 10. The van der Waals surface area contributed by atoms with Crippen molar-refractivity contribution in [3.05, 3.63) is 12.2 Å². The second-order valence-corrected chi connectivity index (χ2v) is 9.92. The first-order valence-corrected chi connectivity index (χ1v) is 11.2. The molecule has 24 heavy (non-hydrogen) atoms. The first kappa shape index (κ1) is 18.5. The molecule has 0 saturated heterocycles. The molecule has 0 bridgehead atoms. The van der Waals surface area contributed by atoms with Crippen LogP contribution in [0.2, 0.25) is 0 Å². The largest absolute Gasteiger partial charge is 0.0998 e. The Bertz CT molecular complexity index is 441. The number of hydrogen-bond donors (Lipinski definition) is 0. The molecule has 0 amide bonds. The lowest BCUT2D eigenvalue weighted by molar-refractivity contribution is 0.158. The van der Waals surface area contributed by atoms with Gasteiger partial charge in [0.2, 0.25) is 0 Å². The first-order chi connectivity index (χ1) is 11.5. The summed E-state index contributed by atoms with van der Waals surface area (Å²) in [5, 5.41) is 0. The zero-order valence-electron chi connectivity index (χ0n) is 17.0. The molecular formula is C24H42. The van der Waals surface area contributed by atoms with Crippen LogP contribution in [-0.4, -0.2) is 0 Å². The van der Waals surface area contributed by atoms with Crippen molar-refractivity contribution in [2.45, 2.75) is 105 Å². The topological polar surface area (TPSA) is 0 Å². The minimum Gasteiger partial charge on any atom is -0.0998 e. The van der Waals surface area contributed by atoms with Crippen molar-refractivity contribution in [3.63, 3.8) is 0 Å². The fourth-order valence-electron chi connectivity index (χ4n) is 7.56. The Morgan fingerprint density at radius 1 is 1.12 bits per heavy atom. The minimum absolute atomic E-state index is 0.698. The fourth-order valence-corrected chi connectivity index (χ4v) is 7.56. The average molecular weight is 331 g/mol. The molecule has 0 nitrogen and oxygen atoms in total. The Morgan fingerprint density at radius 3 is 2.50 bits per heavy atom. The van der Waals surface area contributed by atoms with Gasteiger partial charge in [-0.3, -0.25) is 0 Å². The van der Waals surface area contributed by atoms with E-state index in [9.17, 15) is 0 Å². The number of allylic oxidation sites excluding steroid dienone is 1. The van der Waals surface area contributed by atoms with Gasteiger partial charge in [-0.15, -0.1) is 0 Å². The van der Waals surface area contributed by atoms with Crippen molar-refractivity contribution < 1.29 is 0 Å². The van der Waals surface area contributed by atoms with E-state index in [1.807, 2.05) is 0 Å². The fraction of sp³-hybridized carbons (Fsp3) is 0.917. The SMILES string of the molecule is C=C1CC(CCCCCC(C)C2CCC3C(CC)(CCC)C23C)C1. The summed E-state index contributed by atoms with van der Waals surface area (Å²) in [5.41, 5.74) is 2.92.